The van der Waals surface area contributed by atoms with Crippen molar-refractivity contribution in [3.8, 4) is 11.5 Å². The van der Waals surface area contributed by atoms with E-state index in [1.165, 1.54) is 32.1 Å². The van der Waals surface area contributed by atoms with Gasteiger partial charge in [-0.1, -0.05) is 55.0 Å². The Hall–Kier alpha value is -2.38. The Bertz CT molecular complexity index is 1380. The van der Waals surface area contributed by atoms with E-state index in [1.807, 2.05) is 22.6 Å². The molecule has 0 aromatic heterocycles. The van der Waals surface area contributed by atoms with Gasteiger partial charge in [-0.3, -0.25) is 14.4 Å². The van der Waals surface area contributed by atoms with Crippen LogP contribution in [0.2, 0.25) is 10.0 Å². The molecule has 0 bridgehead atoms. The van der Waals surface area contributed by atoms with Crippen molar-refractivity contribution in [3.05, 3.63) is 66.7 Å². The van der Waals surface area contributed by atoms with Gasteiger partial charge in [0.15, 0.2) is 11.5 Å². The van der Waals surface area contributed by atoms with Crippen molar-refractivity contribution in [2.45, 2.75) is 69.7 Å². The van der Waals surface area contributed by atoms with Crippen LogP contribution in [0.5, 0.6) is 11.5 Å². The predicted octanol–water partition coefficient (Wildman–Crippen LogP) is 5.33. The number of nitrogens with one attached hydrogen (secondary N) is 1. The van der Waals surface area contributed by atoms with Gasteiger partial charge in [0.2, 0.25) is 11.8 Å². The van der Waals surface area contributed by atoms with Gasteiger partial charge in [0.1, 0.15) is 18.5 Å². The second-order valence-corrected chi connectivity index (χ2v) is 13.1. The minimum atomic E-state index is -1.23. The summed E-state index contributed by atoms with van der Waals surface area (Å²) in [4.78, 5) is 40.2. The maximum atomic E-state index is 13.9. The fourth-order valence-electron chi connectivity index (χ4n) is 5.83. The van der Waals surface area contributed by atoms with E-state index in [2.05, 4.69) is 5.32 Å². The lowest BCUT2D eigenvalue weighted by Gasteiger charge is -2.41. The highest BCUT2D eigenvalue weighted by atomic mass is 127. The van der Waals surface area contributed by atoms with Gasteiger partial charge in [-0.2, -0.15) is 0 Å². The fraction of sp³-hybridized carbons (Fsp3) is 0.469. The fourth-order valence-corrected chi connectivity index (χ4v) is 6.91. The summed E-state index contributed by atoms with van der Waals surface area (Å²) in [6, 6.07) is 7.45. The van der Waals surface area contributed by atoms with E-state index in [-0.39, 0.29) is 37.8 Å². The zero-order valence-corrected chi connectivity index (χ0v) is 28.1. The van der Waals surface area contributed by atoms with E-state index in [0.717, 1.165) is 24.8 Å². The van der Waals surface area contributed by atoms with Gasteiger partial charge in [-0.05, 0) is 70.8 Å². The topological polar surface area (TPSA) is 125 Å². The molecule has 0 spiro atoms. The lowest BCUT2D eigenvalue weighted by atomic mass is 9.87. The number of nitrogens with zero attached hydrogens (tertiary/aromatic N) is 1. The molecule has 238 valence electrons. The van der Waals surface area contributed by atoms with Crippen LogP contribution in [0.15, 0.2) is 42.0 Å². The standard InChI is InChI=1S/C32H37Cl2IN2O7/c1-43-28-14-21(18-39)13-25(35)31(28)44-27-16-22(32(42)36-10-11-38)15-26(30(27)41)37(17-20-6-8-23(33)24(34)12-20)29(40)9-7-19-4-2-3-5-19/h6,8,12-14,16,18-19,26-27,30,38,41H,2-5,7,9-11,15,17H2,1H3,(H,36,42)/t26-,27+,30+/m1/s1. The van der Waals surface area contributed by atoms with Gasteiger partial charge in [-0.25, -0.2) is 0 Å². The van der Waals surface area contributed by atoms with Crippen molar-refractivity contribution in [1.29, 1.82) is 0 Å². The lowest BCUT2D eigenvalue weighted by molar-refractivity contribution is -0.139. The summed E-state index contributed by atoms with van der Waals surface area (Å²) in [5.41, 5.74) is 1.42. The molecule has 4 rings (SSSR count). The summed E-state index contributed by atoms with van der Waals surface area (Å²) in [6.45, 7) is -0.0665. The summed E-state index contributed by atoms with van der Waals surface area (Å²) in [7, 11) is 1.44. The van der Waals surface area contributed by atoms with Gasteiger partial charge < -0.3 is 29.9 Å². The first-order chi connectivity index (χ1) is 21.1. The molecule has 0 aliphatic heterocycles. The Balaban J connectivity index is 1.70. The second kappa shape index (κ2) is 16.3. The first kappa shape index (κ1) is 34.5. The Morgan fingerprint density at radius 3 is 2.57 bits per heavy atom. The van der Waals surface area contributed by atoms with Crippen molar-refractivity contribution >= 4 is 63.9 Å². The van der Waals surface area contributed by atoms with Gasteiger partial charge in [0, 0.05) is 37.1 Å². The number of methoxy groups -OCH3 is 1. The third kappa shape index (κ3) is 8.66. The lowest BCUT2D eigenvalue weighted by Crippen LogP contribution is -2.54. The molecule has 3 atom stereocenters. The molecule has 1 fully saturated rings. The number of carbonyl (C=O) groups excluding carboxylic acids is 3. The monoisotopic (exact) mass is 758 g/mol. The molecule has 0 radical (unpaired) electrons. The molecule has 44 heavy (non-hydrogen) atoms. The largest absolute Gasteiger partial charge is 0.493 e. The van der Waals surface area contributed by atoms with Gasteiger partial charge in [0.25, 0.3) is 0 Å². The summed E-state index contributed by atoms with van der Waals surface area (Å²) in [5, 5.41) is 24.5. The number of aliphatic hydroxyl groups excluding tert-OH is 2. The molecule has 2 aromatic carbocycles. The summed E-state index contributed by atoms with van der Waals surface area (Å²) >= 11 is 14.5. The molecule has 2 aliphatic carbocycles. The van der Waals surface area contributed by atoms with Crippen molar-refractivity contribution in [2.75, 3.05) is 20.3 Å². The van der Waals surface area contributed by atoms with E-state index in [0.29, 0.717) is 49.1 Å². The van der Waals surface area contributed by atoms with Crippen LogP contribution in [-0.4, -0.2) is 71.7 Å². The van der Waals surface area contributed by atoms with Crippen molar-refractivity contribution in [2.24, 2.45) is 5.92 Å². The molecule has 2 amide bonds. The summed E-state index contributed by atoms with van der Waals surface area (Å²) in [5.74, 6) is 0.481. The maximum Gasteiger partial charge on any atom is 0.247 e. The van der Waals surface area contributed by atoms with Gasteiger partial charge in [-0.15, -0.1) is 0 Å². The number of aldehydes is 1. The molecule has 12 heteroatoms. The van der Waals surface area contributed by atoms with Crippen LogP contribution in [0.4, 0.5) is 0 Å². The molecule has 1 saturated carbocycles. The molecule has 0 heterocycles. The number of hydrogen-bond acceptors (Lipinski definition) is 7. The van der Waals surface area contributed by atoms with Crippen molar-refractivity contribution in [1.82, 2.24) is 10.2 Å². The summed E-state index contributed by atoms with van der Waals surface area (Å²) < 4.78 is 12.4. The number of carbonyl (C=O) groups is 3. The Kier molecular flexibility index (Phi) is 12.7. The third-order valence-corrected chi connectivity index (χ3v) is 9.70. The zero-order chi connectivity index (χ0) is 31.8. The first-order valence-electron chi connectivity index (χ1n) is 14.7. The number of ether oxygens (including phenoxy) is 2. The van der Waals surface area contributed by atoms with Crippen LogP contribution in [-0.2, 0) is 16.1 Å². The number of halogens is 3. The minimum absolute atomic E-state index is 0.0428. The molecule has 2 aliphatic rings. The van der Waals surface area contributed by atoms with Crippen LogP contribution >= 0.6 is 45.8 Å². The molecule has 0 unspecified atom stereocenters. The van der Waals surface area contributed by atoms with Crippen LogP contribution in [0.3, 0.4) is 0 Å². The Morgan fingerprint density at radius 2 is 1.91 bits per heavy atom. The van der Waals surface area contributed by atoms with Crippen LogP contribution < -0.4 is 14.8 Å². The van der Waals surface area contributed by atoms with Gasteiger partial charge in [0.05, 0.1) is 33.4 Å². The average molecular weight is 759 g/mol. The molecule has 2 aromatic rings. The van der Waals surface area contributed by atoms with E-state index in [4.69, 9.17) is 32.7 Å². The van der Waals surface area contributed by atoms with Crippen LogP contribution in [0.25, 0.3) is 0 Å². The molecular formula is C32H37Cl2IN2O7. The first-order valence-corrected chi connectivity index (χ1v) is 16.5. The molecule has 0 saturated heterocycles. The SMILES string of the molecule is COc1cc(C=O)cc(I)c1O[C@H]1C=C(C(=O)NCCO)C[C@@H](N(Cc2ccc(Cl)c(Cl)c2)C(=O)CCC2CCCC2)[C@@H]1O. The number of amides is 2. The van der Waals surface area contributed by atoms with Crippen LogP contribution in [0, 0.1) is 9.49 Å². The smallest absolute Gasteiger partial charge is 0.247 e. The molecular weight excluding hydrogens is 722 g/mol. The highest BCUT2D eigenvalue weighted by molar-refractivity contribution is 14.1. The van der Waals surface area contributed by atoms with Crippen molar-refractivity contribution in [3.63, 3.8) is 0 Å². The zero-order valence-electron chi connectivity index (χ0n) is 24.4. The van der Waals surface area contributed by atoms with E-state index < -0.39 is 24.2 Å². The third-order valence-electron chi connectivity index (χ3n) is 8.15. The predicted molar refractivity (Wildman–Crippen MR) is 176 cm³/mol. The number of benzene rings is 2. The number of hydrogen-bond donors (Lipinski definition) is 3. The second-order valence-electron chi connectivity index (χ2n) is 11.1. The Morgan fingerprint density at radius 1 is 1.16 bits per heavy atom. The Labute approximate surface area is 281 Å². The quantitative estimate of drug-likeness (QED) is 0.186. The maximum absolute atomic E-state index is 13.9. The van der Waals surface area contributed by atoms with Crippen molar-refractivity contribution < 1.29 is 34.1 Å². The minimum Gasteiger partial charge on any atom is -0.493 e. The molecule has 9 nitrogen and oxygen atoms in total. The van der Waals surface area contributed by atoms with Gasteiger partial charge >= 0.3 is 0 Å². The van der Waals surface area contributed by atoms with E-state index in [9.17, 15) is 24.6 Å². The van der Waals surface area contributed by atoms with Crippen LogP contribution in [0.1, 0.15) is 60.9 Å². The van der Waals surface area contributed by atoms with E-state index >= 15 is 0 Å². The highest BCUT2D eigenvalue weighted by Gasteiger charge is 2.41. The highest BCUT2D eigenvalue weighted by Crippen LogP contribution is 2.37. The normalized spacial score (nSPS) is 20.1. The summed E-state index contributed by atoms with van der Waals surface area (Å²) in [6.07, 6.45) is 5.60. The number of rotatable bonds is 13. The van der Waals surface area contributed by atoms with E-state index in [1.54, 1.807) is 29.2 Å². The average Bonchev–Trinajstić information content (AvgIpc) is 3.54. The number of aliphatic hydroxyl groups is 2. The molecule has 3 N–H and O–H groups in total.